The Kier molecular flexibility index (Phi) is 7.90. The number of hydrogen-bond donors (Lipinski definition) is 1. The van der Waals surface area contributed by atoms with Gasteiger partial charge >= 0.3 is 5.97 Å². The second-order valence-corrected chi connectivity index (χ2v) is 5.65. The second-order valence-electron chi connectivity index (χ2n) is 5.65. The summed E-state index contributed by atoms with van der Waals surface area (Å²) in [6.45, 7) is -0.101. The average molecular weight is 385 g/mol. The van der Waals surface area contributed by atoms with Crippen LogP contribution >= 0.6 is 0 Å². The van der Waals surface area contributed by atoms with Crippen molar-refractivity contribution >= 4 is 18.0 Å². The van der Waals surface area contributed by atoms with E-state index in [4.69, 9.17) is 18.9 Å². The molecule has 2 rings (SSSR count). The number of para-hydroxylation sites is 1. The molecule has 0 unspecified atom stereocenters. The van der Waals surface area contributed by atoms with Crippen molar-refractivity contribution in [3.8, 4) is 17.2 Å². The summed E-state index contributed by atoms with van der Waals surface area (Å²) in [5.41, 5.74) is 1.56. The Labute approximate surface area is 163 Å². The molecule has 0 saturated heterocycles. The van der Waals surface area contributed by atoms with Gasteiger partial charge in [0.05, 0.1) is 21.3 Å². The number of esters is 1. The summed E-state index contributed by atoms with van der Waals surface area (Å²) in [7, 11) is 4.64. The molecule has 0 radical (unpaired) electrons. The van der Waals surface area contributed by atoms with Crippen LogP contribution in [0.25, 0.3) is 6.08 Å². The number of rotatable bonds is 9. The minimum absolute atomic E-state index is 0.272. The van der Waals surface area contributed by atoms with Crippen LogP contribution in [-0.4, -0.2) is 39.8 Å². The molecule has 0 saturated carbocycles. The first kappa shape index (κ1) is 20.8. The number of benzene rings is 2. The molecule has 2 aromatic carbocycles. The van der Waals surface area contributed by atoms with Crippen LogP contribution in [0.1, 0.15) is 11.1 Å². The van der Waals surface area contributed by atoms with E-state index in [-0.39, 0.29) is 13.2 Å². The number of amides is 1. The molecule has 0 aliphatic rings. The van der Waals surface area contributed by atoms with Crippen molar-refractivity contribution in [3.63, 3.8) is 0 Å². The van der Waals surface area contributed by atoms with Gasteiger partial charge in [-0.25, -0.2) is 4.79 Å². The zero-order valence-electron chi connectivity index (χ0n) is 16.1. The van der Waals surface area contributed by atoms with Gasteiger partial charge in [-0.05, 0) is 29.8 Å². The highest BCUT2D eigenvalue weighted by molar-refractivity contribution is 5.89. The fourth-order valence-electron chi connectivity index (χ4n) is 2.39. The second kappa shape index (κ2) is 10.6. The van der Waals surface area contributed by atoms with Crippen LogP contribution < -0.4 is 19.5 Å². The largest absolute Gasteiger partial charge is 0.496 e. The number of methoxy groups -OCH3 is 3. The Morgan fingerprint density at radius 2 is 1.64 bits per heavy atom. The molecule has 7 heteroatoms. The van der Waals surface area contributed by atoms with Crippen LogP contribution in [0.4, 0.5) is 0 Å². The zero-order valence-corrected chi connectivity index (χ0v) is 16.1. The quantitative estimate of drug-likeness (QED) is 0.528. The molecule has 0 fully saturated rings. The maximum Gasteiger partial charge on any atom is 0.331 e. The van der Waals surface area contributed by atoms with Crippen molar-refractivity contribution in [1.82, 2.24) is 5.32 Å². The van der Waals surface area contributed by atoms with Crippen LogP contribution in [0.15, 0.2) is 48.5 Å². The van der Waals surface area contributed by atoms with E-state index in [0.717, 1.165) is 11.1 Å². The molecule has 0 spiro atoms. The molecule has 0 atom stereocenters. The number of nitrogens with one attached hydrogen (secondary N) is 1. The minimum atomic E-state index is -0.618. The Balaban J connectivity index is 1.80. The molecule has 0 bridgehead atoms. The van der Waals surface area contributed by atoms with E-state index in [2.05, 4.69) is 5.32 Å². The molecule has 148 valence electrons. The van der Waals surface area contributed by atoms with Gasteiger partial charge in [0.1, 0.15) is 5.75 Å². The topological polar surface area (TPSA) is 83.1 Å². The van der Waals surface area contributed by atoms with Gasteiger partial charge in [0, 0.05) is 18.2 Å². The van der Waals surface area contributed by atoms with Crippen molar-refractivity contribution in [2.75, 3.05) is 27.9 Å². The predicted molar refractivity (Wildman–Crippen MR) is 104 cm³/mol. The van der Waals surface area contributed by atoms with E-state index in [1.165, 1.54) is 13.2 Å². The highest BCUT2D eigenvalue weighted by atomic mass is 16.5. The maximum absolute atomic E-state index is 11.9. The molecule has 0 aliphatic heterocycles. The van der Waals surface area contributed by atoms with Gasteiger partial charge in [-0.1, -0.05) is 24.3 Å². The van der Waals surface area contributed by atoms with Gasteiger partial charge in [0.2, 0.25) is 0 Å². The average Bonchev–Trinajstić information content (AvgIpc) is 2.74. The van der Waals surface area contributed by atoms with Gasteiger partial charge in [-0.15, -0.1) is 0 Å². The zero-order chi connectivity index (χ0) is 20.4. The first-order chi connectivity index (χ1) is 13.6. The highest BCUT2D eigenvalue weighted by Crippen LogP contribution is 2.27. The van der Waals surface area contributed by atoms with E-state index in [9.17, 15) is 9.59 Å². The molecule has 0 aliphatic carbocycles. The van der Waals surface area contributed by atoms with Crippen molar-refractivity contribution < 1.29 is 28.5 Å². The summed E-state index contributed by atoms with van der Waals surface area (Å²) in [5.74, 6) is 0.788. The molecular formula is C21H23NO6. The predicted octanol–water partition coefficient (Wildman–Crippen LogP) is 2.59. The number of hydrogen-bond acceptors (Lipinski definition) is 6. The molecule has 1 N–H and O–H groups in total. The van der Waals surface area contributed by atoms with Crippen LogP contribution in [-0.2, 0) is 20.9 Å². The van der Waals surface area contributed by atoms with E-state index in [0.29, 0.717) is 17.2 Å². The molecule has 28 heavy (non-hydrogen) atoms. The Hall–Kier alpha value is -3.48. The third kappa shape index (κ3) is 6.05. The molecule has 1 amide bonds. The third-order valence-corrected chi connectivity index (χ3v) is 3.82. The van der Waals surface area contributed by atoms with Crippen LogP contribution in [0.2, 0.25) is 0 Å². The number of carbonyl (C=O) groups is 2. The van der Waals surface area contributed by atoms with Gasteiger partial charge in [-0.3, -0.25) is 4.79 Å². The fourth-order valence-corrected chi connectivity index (χ4v) is 2.39. The van der Waals surface area contributed by atoms with Crippen LogP contribution in [0.5, 0.6) is 17.2 Å². The standard InChI is InChI=1S/C21H23NO6/c1-25-17-7-5-4-6-16(17)9-11-21(24)28-14-20(23)22-13-15-8-10-18(26-2)19(12-15)27-3/h4-12H,13-14H2,1-3H3,(H,22,23)/b11-9+. The van der Waals surface area contributed by atoms with E-state index in [1.54, 1.807) is 44.6 Å². The van der Waals surface area contributed by atoms with Crippen LogP contribution in [0.3, 0.4) is 0 Å². The van der Waals surface area contributed by atoms with Gasteiger partial charge in [-0.2, -0.15) is 0 Å². The first-order valence-corrected chi connectivity index (χ1v) is 8.52. The summed E-state index contributed by atoms with van der Waals surface area (Å²) in [5, 5.41) is 2.68. The summed E-state index contributed by atoms with van der Waals surface area (Å²) in [6, 6.07) is 12.6. The summed E-state index contributed by atoms with van der Waals surface area (Å²) in [4.78, 5) is 23.7. The molecular weight excluding hydrogens is 362 g/mol. The SMILES string of the molecule is COc1ccccc1/C=C/C(=O)OCC(=O)NCc1ccc(OC)c(OC)c1. The highest BCUT2D eigenvalue weighted by Gasteiger charge is 2.08. The van der Waals surface area contributed by atoms with Gasteiger partial charge < -0.3 is 24.3 Å². The van der Waals surface area contributed by atoms with Crippen molar-refractivity contribution in [2.24, 2.45) is 0 Å². The van der Waals surface area contributed by atoms with Gasteiger partial charge in [0.15, 0.2) is 18.1 Å². The van der Waals surface area contributed by atoms with Crippen molar-refractivity contribution in [2.45, 2.75) is 6.54 Å². The first-order valence-electron chi connectivity index (χ1n) is 8.52. The lowest BCUT2D eigenvalue weighted by Crippen LogP contribution is -2.28. The van der Waals surface area contributed by atoms with E-state index in [1.807, 2.05) is 18.2 Å². The van der Waals surface area contributed by atoms with Crippen LogP contribution in [0, 0.1) is 0 Å². The Morgan fingerprint density at radius 3 is 2.36 bits per heavy atom. The third-order valence-electron chi connectivity index (χ3n) is 3.82. The number of carbonyl (C=O) groups excluding carboxylic acids is 2. The van der Waals surface area contributed by atoms with Crippen molar-refractivity contribution in [1.29, 1.82) is 0 Å². The smallest absolute Gasteiger partial charge is 0.331 e. The molecule has 2 aromatic rings. The number of ether oxygens (including phenoxy) is 4. The van der Waals surface area contributed by atoms with E-state index >= 15 is 0 Å². The lowest BCUT2D eigenvalue weighted by molar-refractivity contribution is -0.143. The lowest BCUT2D eigenvalue weighted by atomic mass is 10.2. The lowest BCUT2D eigenvalue weighted by Gasteiger charge is -2.10. The van der Waals surface area contributed by atoms with E-state index < -0.39 is 11.9 Å². The van der Waals surface area contributed by atoms with Crippen molar-refractivity contribution in [3.05, 3.63) is 59.7 Å². The summed E-state index contributed by atoms with van der Waals surface area (Å²) >= 11 is 0. The van der Waals surface area contributed by atoms with Gasteiger partial charge in [0.25, 0.3) is 5.91 Å². The monoisotopic (exact) mass is 385 g/mol. The molecule has 0 heterocycles. The molecule has 7 nitrogen and oxygen atoms in total. The minimum Gasteiger partial charge on any atom is -0.496 e. The summed E-state index contributed by atoms with van der Waals surface area (Å²) < 4.78 is 20.5. The Morgan fingerprint density at radius 1 is 0.929 bits per heavy atom. The maximum atomic E-state index is 11.9. The fraction of sp³-hybridized carbons (Fsp3) is 0.238. The summed E-state index contributed by atoms with van der Waals surface area (Å²) in [6.07, 6.45) is 2.82. The molecule has 0 aromatic heterocycles. The normalized spacial score (nSPS) is 10.4. The Bertz CT molecular complexity index is 847.